The highest BCUT2D eigenvalue weighted by molar-refractivity contribution is 7.13. The lowest BCUT2D eigenvalue weighted by Gasteiger charge is -2.33. The largest absolute Gasteiger partial charge is 0.870 e. The quantitative estimate of drug-likeness (QED) is 0.688. The lowest BCUT2D eigenvalue weighted by atomic mass is 9.81. The van der Waals surface area contributed by atoms with E-state index in [-0.39, 0.29) is 33.9 Å². The van der Waals surface area contributed by atoms with E-state index in [1.54, 1.807) is 14.1 Å². The van der Waals surface area contributed by atoms with Crippen molar-refractivity contribution in [1.29, 1.82) is 0 Å². The van der Waals surface area contributed by atoms with Crippen LogP contribution >= 0.6 is 11.3 Å². The standard InChI is InChI=1S/C20H27N3O4S/c1-4-7-11-8-5-6-9-12(11)21-14-15(18(26)17(14)25)22-13-10-28-19(16(13)24)20(27)23(2)3/h10-12,21-22,24H,4-9H2,1-3H3/p-1/t11-,12-/m0/s1. The predicted octanol–water partition coefficient (Wildman–Crippen LogP) is 2.63. The van der Waals surface area contributed by atoms with Crippen molar-refractivity contribution in [3.05, 3.63) is 30.7 Å². The van der Waals surface area contributed by atoms with Gasteiger partial charge in [0.1, 0.15) is 11.4 Å². The molecular formula is C20H26N3O4S-. The Bertz CT molecular complexity index is 925. The third kappa shape index (κ3) is 3.78. The first kappa shape index (κ1) is 20.4. The van der Waals surface area contributed by atoms with Crippen LogP contribution in [-0.4, -0.2) is 30.9 Å². The molecule has 7 nitrogen and oxygen atoms in total. The maximum atomic E-state index is 12.5. The first-order valence-electron chi connectivity index (χ1n) is 9.72. The van der Waals surface area contributed by atoms with Crippen molar-refractivity contribution in [1.82, 2.24) is 4.90 Å². The summed E-state index contributed by atoms with van der Waals surface area (Å²) >= 11 is 1.03. The van der Waals surface area contributed by atoms with Crippen molar-refractivity contribution in [3.8, 4) is 5.75 Å². The highest BCUT2D eigenvalue weighted by Gasteiger charge is 2.29. The summed E-state index contributed by atoms with van der Waals surface area (Å²) in [6.07, 6.45) is 6.54. The first-order chi connectivity index (χ1) is 13.3. The molecule has 2 aromatic rings. The van der Waals surface area contributed by atoms with E-state index in [9.17, 15) is 19.5 Å². The zero-order chi connectivity index (χ0) is 20.4. The Morgan fingerprint density at radius 3 is 2.57 bits per heavy atom. The van der Waals surface area contributed by atoms with Gasteiger partial charge in [0.2, 0.25) is 0 Å². The third-order valence-electron chi connectivity index (χ3n) is 5.41. The average Bonchev–Trinajstić information content (AvgIpc) is 3.05. The van der Waals surface area contributed by atoms with Gasteiger partial charge in [0.15, 0.2) is 0 Å². The summed E-state index contributed by atoms with van der Waals surface area (Å²) in [7, 11) is 3.15. The number of amides is 1. The molecule has 1 aliphatic rings. The van der Waals surface area contributed by atoms with Crippen molar-refractivity contribution < 1.29 is 9.90 Å². The molecule has 1 aromatic heterocycles. The molecule has 1 saturated carbocycles. The van der Waals surface area contributed by atoms with Crippen molar-refractivity contribution >= 4 is 34.3 Å². The molecular weight excluding hydrogens is 378 g/mol. The minimum absolute atomic E-state index is 0.0796. The Morgan fingerprint density at radius 1 is 1.21 bits per heavy atom. The summed E-state index contributed by atoms with van der Waals surface area (Å²) in [5, 5.41) is 20.1. The van der Waals surface area contributed by atoms with Gasteiger partial charge in [-0.1, -0.05) is 31.9 Å². The van der Waals surface area contributed by atoms with Gasteiger partial charge in [-0.2, -0.15) is 0 Å². The van der Waals surface area contributed by atoms with Gasteiger partial charge in [-0.3, -0.25) is 14.4 Å². The van der Waals surface area contributed by atoms with E-state index in [0.29, 0.717) is 5.92 Å². The van der Waals surface area contributed by atoms with Crippen LogP contribution in [0.2, 0.25) is 0 Å². The zero-order valence-corrected chi connectivity index (χ0v) is 17.3. The van der Waals surface area contributed by atoms with Gasteiger partial charge < -0.3 is 20.6 Å². The molecule has 1 heterocycles. The SMILES string of the molecule is CCC[C@H]1CCCC[C@@H]1Nc1c(Nc2csc(C(=O)N(C)C)c2[O-])c(=O)c1=O. The number of hydrogen-bond acceptors (Lipinski definition) is 7. The minimum atomic E-state index is -0.628. The number of anilines is 3. The van der Waals surface area contributed by atoms with Crippen LogP contribution in [0.1, 0.15) is 55.1 Å². The molecule has 2 N–H and O–H groups in total. The van der Waals surface area contributed by atoms with Crippen LogP contribution in [0.3, 0.4) is 0 Å². The number of nitrogens with one attached hydrogen (secondary N) is 2. The van der Waals surface area contributed by atoms with Gasteiger partial charge in [0, 0.05) is 31.2 Å². The van der Waals surface area contributed by atoms with Gasteiger partial charge in [-0.05, 0) is 25.2 Å². The van der Waals surface area contributed by atoms with E-state index in [0.717, 1.165) is 43.4 Å². The van der Waals surface area contributed by atoms with E-state index >= 15 is 0 Å². The molecule has 2 atom stereocenters. The normalized spacial score (nSPS) is 19.5. The van der Waals surface area contributed by atoms with Crippen LogP contribution in [0.15, 0.2) is 15.0 Å². The smallest absolute Gasteiger partial charge is 0.262 e. The molecule has 3 rings (SSSR count). The van der Waals surface area contributed by atoms with Gasteiger partial charge in [0.25, 0.3) is 16.8 Å². The summed E-state index contributed by atoms with van der Waals surface area (Å²) in [6.45, 7) is 2.15. The second-order valence-corrected chi connectivity index (χ2v) is 8.50. The summed E-state index contributed by atoms with van der Waals surface area (Å²) in [6, 6.07) is 0.164. The molecule has 0 radical (unpaired) electrons. The second-order valence-electron chi connectivity index (χ2n) is 7.62. The Hall–Kier alpha value is -2.35. The van der Waals surface area contributed by atoms with Gasteiger partial charge >= 0.3 is 0 Å². The molecule has 0 aliphatic heterocycles. The third-order valence-corrected chi connectivity index (χ3v) is 6.36. The summed E-state index contributed by atoms with van der Waals surface area (Å²) in [5.41, 5.74) is -0.625. The fourth-order valence-corrected chi connectivity index (χ4v) is 4.77. The van der Waals surface area contributed by atoms with E-state index < -0.39 is 16.6 Å². The molecule has 28 heavy (non-hydrogen) atoms. The van der Waals surface area contributed by atoms with Crippen molar-refractivity contribution in [3.63, 3.8) is 0 Å². The summed E-state index contributed by atoms with van der Waals surface area (Å²) < 4.78 is 0. The minimum Gasteiger partial charge on any atom is -0.870 e. The fraction of sp³-hybridized carbons (Fsp3) is 0.550. The van der Waals surface area contributed by atoms with Crippen LogP contribution in [0.25, 0.3) is 0 Å². The maximum Gasteiger partial charge on any atom is 0.262 e. The number of nitrogens with zero attached hydrogens (tertiary/aromatic N) is 1. The number of carbonyl (C=O) groups excluding carboxylic acids is 1. The lowest BCUT2D eigenvalue weighted by molar-refractivity contribution is -0.266. The molecule has 0 unspecified atom stereocenters. The molecule has 0 saturated heterocycles. The highest BCUT2D eigenvalue weighted by atomic mass is 32.1. The zero-order valence-electron chi connectivity index (χ0n) is 16.5. The Morgan fingerprint density at radius 2 is 1.89 bits per heavy atom. The van der Waals surface area contributed by atoms with Crippen LogP contribution < -0.4 is 26.6 Å². The predicted molar refractivity (Wildman–Crippen MR) is 111 cm³/mol. The van der Waals surface area contributed by atoms with E-state index in [2.05, 4.69) is 17.6 Å². The van der Waals surface area contributed by atoms with Gasteiger partial charge in [0.05, 0.1) is 4.88 Å². The molecule has 1 aliphatic carbocycles. The Balaban J connectivity index is 1.80. The van der Waals surface area contributed by atoms with Crippen molar-refractivity contribution in [2.75, 3.05) is 24.7 Å². The maximum absolute atomic E-state index is 12.5. The van der Waals surface area contributed by atoms with Crippen LogP contribution in [0.5, 0.6) is 5.75 Å². The Kier molecular flexibility index (Phi) is 6.07. The van der Waals surface area contributed by atoms with Gasteiger partial charge in [-0.15, -0.1) is 11.3 Å². The lowest BCUT2D eigenvalue weighted by Crippen LogP contribution is -2.41. The molecule has 1 aromatic carbocycles. The van der Waals surface area contributed by atoms with Crippen LogP contribution in [-0.2, 0) is 0 Å². The monoisotopic (exact) mass is 404 g/mol. The average molecular weight is 405 g/mol. The molecule has 8 heteroatoms. The molecule has 1 fully saturated rings. The topological polar surface area (TPSA) is 102 Å². The number of hydrogen-bond donors (Lipinski definition) is 2. The summed E-state index contributed by atoms with van der Waals surface area (Å²) in [4.78, 5) is 37.7. The number of thiophene rings is 1. The van der Waals surface area contributed by atoms with E-state index in [1.807, 2.05) is 0 Å². The van der Waals surface area contributed by atoms with E-state index in [4.69, 9.17) is 0 Å². The van der Waals surface area contributed by atoms with Crippen molar-refractivity contribution in [2.45, 2.75) is 51.5 Å². The Labute approximate surface area is 168 Å². The molecule has 1 amide bonds. The van der Waals surface area contributed by atoms with Crippen LogP contribution in [0, 0.1) is 5.92 Å². The summed E-state index contributed by atoms with van der Waals surface area (Å²) in [5.74, 6) is -0.350. The molecule has 152 valence electrons. The van der Waals surface area contributed by atoms with E-state index in [1.165, 1.54) is 16.7 Å². The number of carbonyl (C=O) groups is 1. The number of rotatable bonds is 7. The first-order valence-corrected chi connectivity index (χ1v) is 10.6. The molecule has 0 spiro atoms. The molecule has 0 bridgehead atoms. The second kappa shape index (κ2) is 8.34. The van der Waals surface area contributed by atoms with Crippen molar-refractivity contribution in [2.24, 2.45) is 5.92 Å². The highest BCUT2D eigenvalue weighted by Crippen LogP contribution is 2.36. The van der Waals surface area contributed by atoms with Gasteiger partial charge in [-0.25, -0.2) is 0 Å². The fourth-order valence-electron chi connectivity index (χ4n) is 3.87. The van der Waals surface area contributed by atoms with Crippen LogP contribution in [0.4, 0.5) is 17.1 Å².